The zero-order valence-electron chi connectivity index (χ0n) is 8.55. The van der Waals surface area contributed by atoms with Gasteiger partial charge in [0.2, 0.25) is 0 Å². The molecule has 2 N–H and O–H groups in total. The second kappa shape index (κ2) is 2.86. The molecule has 1 aromatic heterocycles. The maximum absolute atomic E-state index is 11.8. The molecule has 1 aliphatic rings. The highest BCUT2D eigenvalue weighted by atomic mass is 16.1. The fourth-order valence-corrected chi connectivity index (χ4v) is 2.31. The van der Waals surface area contributed by atoms with Crippen LogP contribution in [0.15, 0.2) is 18.2 Å². The third-order valence-corrected chi connectivity index (χ3v) is 3.00. The molecule has 0 atom stereocenters. The number of fused-ring (bicyclic) bond motifs is 3. The third kappa shape index (κ3) is 1.09. The zero-order valence-corrected chi connectivity index (χ0v) is 8.55. The standard InChI is InChI=1S/C12H12N2O/c1-7-3-2-4-8-10(7)11-9(14-8)5-6-13-12(11)15/h2-4,14H,5-6H2,1H3,(H,13,15). The van der Waals surface area contributed by atoms with Crippen LogP contribution in [-0.4, -0.2) is 17.4 Å². The van der Waals surface area contributed by atoms with Crippen molar-refractivity contribution in [2.45, 2.75) is 13.3 Å². The van der Waals surface area contributed by atoms with Crippen molar-refractivity contribution in [3.8, 4) is 0 Å². The molecule has 2 heterocycles. The van der Waals surface area contributed by atoms with Crippen LogP contribution in [0.1, 0.15) is 21.6 Å². The van der Waals surface area contributed by atoms with E-state index in [9.17, 15) is 4.79 Å². The Morgan fingerprint density at radius 2 is 2.20 bits per heavy atom. The van der Waals surface area contributed by atoms with Gasteiger partial charge in [-0.1, -0.05) is 12.1 Å². The Morgan fingerprint density at radius 1 is 1.33 bits per heavy atom. The number of carbonyl (C=O) groups excluding carboxylic acids is 1. The Bertz CT molecular complexity index is 554. The second-order valence-electron chi connectivity index (χ2n) is 3.98. The summed E-state index contributed by atoms with van der Waals surface area (Å²) in [6.45, 7) is 2.77. The van der Waals surface area contributed by atoms with Crippen molar-refractivity contribution in [3.63, 3.8) is 0 Å². The van der Waals surface area contributed by atoms with Gasteiger partial charge in [0.15, 0.2) is 0 Å². The quantitative estimate of drug-likeness (QED) is 0.668. The summed E-state index contributed by atoms with van der Waals surface area (Å²) in [5.41, 5.74) is 4.14. The van der Waals surface area contributed by atoms with Crippen molar-refractivity contribution in [2.24, 2.45) is 0 Å². The van der Waals surface area contributed by atoms with Crippen LogP contribution in [0, 0.1) is 6.92 Å². The normalized spacial score (nSPS) is 15.1. The van der Waals surface area contributed by atoms with Crippen molar-refractivity contribution in [1.82, 2.24) is 10.3 Å². The highest BCUT2D eigenvalue weighted by Crippen LogP contribution is 2.27. The van der Waals surface area contributed by atoms with Crippen molar-refractivity contribution < 1.29 is 4.79 Å². The lowest BCUT2D eigenvalue weighted by atomic mass is 10.0. The molecule has 0 aliphatic carbocycles. The first kappa shape index (κ1) is 8.53. The molecule has 0 fully saturated rings. The predicted molar refractivity (Wildman–Crippen MR) is 59.1 cm³/mol. The number of hydrogen-bond acceptors (Lipinski definition) is 1. The Hall–Kier alpha value is -1.77. The van der Waals surface area contributed by atoms with Gasteiger partial charge in [0.25, 0.3) is 5.91 Å². The van der Waals surface area contributed by atoms with E-state index < -0.39 is 0 Å². The monoisotopic (exact) mass is 200 g/mol. The fourth-order valence-electron chi connectivity index (χ4n) is 2.31. The number of benzene rings is 1. The van der Waals surface area contributed by atoms with Gasteiger partial charge in [0.1, 0.15) is 0 Å². The van der Waals surface area contributed by atoms with Gasteiger partial charge in [-0.3, -0.25) is 4.79 Å². The van der Waals surface area contributed by atoms with Crippen LogP contribution in [0.5, 0.6) is 0 Å². The van der Waals surface area contributed by atoms with Crippen molar-refractivity contribution in [3.05, 3.63) is 35.0 Å². The molecule has 3 rings (SSSR count). The van der Waals surface area contributed by atoms with Gasteiger partial charge in [0, 0.05) is 29.6 Å². The highest BCUT2D eigenvalue weighted by molar-refractivity contribution is 6.09. The van der Waals surface area contributed by atoms with Crippen LogP contribution in [0.3, 0.4) is 0 Å². The van der Waals surface area contributed by atoms with Gasteiger partial charge in [0.05, 0.1) is 5.56 Å². The van der Waals surface area contributed by atoms with Crippen LogP contribution >= 0.6 is 0 Å². The summed E-state index contributed by atoms with van der Waals surface area (Å²) < 4.78 is 0. The smallest absolute Gasteiger partial charge is 0.253 e. The molecule has 15 heavy (non-hydrogen) atoms. The molecule has 0 unspecified atom stereocenters. The summed E-state index contributed by atoms with van der Waals surface area (Å²) in [7, 11) is 0. The number of amides is 1. The van der Waals surface area contributed by atoms with Crippen molar-refractivity contribution >= 4 is 16.8 Å². The van der Waals surface area contributed by atoms with Gasteiger partial charge < -0.3 is 10.3 Å². The van der Waals surface area contributed by atoms with E-state index in [1.165, 1.54) is 0 Å². The predicted octanol–water partition coefficient (Wildman–Crippen LogP) is 1.76. The summed E-state index contributed by atoms with van der Waals surface area (Å²) in [6, 6.07) is 6.07. The summed E-state index contributed by atoms with van der Waals surface area (Å²) in [5, 5.41) is 3.96. The average molecular weight is 200 g/mol. The van der Waals surface area contributed by atoms with Crippen LogP contribution < -0.4 is 5.32 Å². The van der Waals surface area contributed by atoms with E-state index in [4.69, 9.17) is 0 Å². The molecule has 3 nitrogen and oxygen atoms in total. The average Bonchev–Trinajstić information content (AvgIpc) is 2.58. The first-order chi connectivity index (χ1) is 7.27. The third-order valence-electron chi connectivity index (χ3n) is 3.00. The Balaban J connectivity index is 2.44. The first-order valence-electron chi connectivity index (χ1n) is 5.16. The molecule has 1 aromatic carbocycles. The molecule has 0 saturated heterocycles. The van der Waals surface area contributed by atoms with Gasteiger partial charge in [-0.05, 0) is 18.6 Å². The molecule has 1 amide bonds. The number of aromatic nitrogens is 1. The number of aryl methyl sites for hydroxylation is 1. The number of H-pyrrole nitrogens is 1. The Morgan fingerprint density at radius 3 is 3.07 bits per heavy atom. The Labute approximate surface area is 87.5 Å². The van der Waals surface area contributed by atoms with E-state index in [1.807, 2.05) is 25.1 Å². The lowest BCUT2D eigenvalue weighted by Gasteiger charge is -2.12. The largest absolute Gasteiger partial charge is 0.358 e. The maximum atomic E-state index is 11.8. The van der Waals surface area contributed by atoms with E-state index in [1.54, 1.807) is 0 Å². The van der Waals surface area contributed by atoms with Gasteiger partial charge >= 0.3 is 0 Å². The minimum atomic E-state index is 0.0526. The topological polar surface area (TPSA) is 44.9 Å². The number of carbonyl (C=O) groups is 1. The maximum Gasteiger partial charge on any atom is 0.253 e. The second-order valence-corrected chi connectivity index (χ2v) is 3.98. The van der Waals surface area contributed by atoms with Gasteiger partial charge in [-0.2, -0.15) is 0 Å². The summed E-state index contributed by atoms with van der Waals surface area (Å²) in [6.07, 6.45) is 0.898. The van der Waals surface area contributed by atoms with Crippen LogP contribution in [0.2, 0.25) is 0 Å². The number of nitrogens with one attached hydrogen (secondary N) is 2. The highest BCUT2D eigenvalue weighted by Gasteiger charge is 2.22. The lowest BCUT2D eigenvalue weighted by Crippen LogP contribution is -2.31. The van der Waals surface area contributed by atoms with E-state index in [2.05, 4.69) is 10.3 Å². The molecule has 2 aromatic rings. The molecular formula is C12H12N2O. The fraction of sp³-hybridized carbons (Fsp3) is 0.250. The van der Waals surface area contributed by atoms with E-state index in [0.717, 1.165) is 40.7 Å². The zero-order chi connectivity index (χ0) is 10.4. The number of rotatable bonds is 0. The van der Waals surface area contributed by atoms with Crippen LogP contribution in [0.4, 0.5) is 0 Å². The van der Waals surface area contributed by atoms with Crippen molar-refractivity contribution in [2.75, 3.05) is 6.54 Å². The molecule has 0 saturated carbocycles. The summed E-state index contributed by atoms with van der Waals surface area (Å²) in [4.78, 5) is 15.1. The van der Waals surface area contributed by atoms with E-state index in [0.29, 0.717) is 0 Å². The van der Waals surface area contributed by atoms with Gasteiger partial charge in [-0.15, -0.1) is 0 Å². The molecule has 3 heteroatoms. The molecular weight excluding hydrogens is 188 g/mol. The van der Waals surface area contributed by atoms with Crippen LogP contribution in [-0.2, 0) is 6.42 Å². The van der Waals surface area contributed by atoms with Crippen LogP contribution in [0.25, 0.3) is 10.9 Å². The van der Waals surface area contributed by atoms with E-state index >= 15 is 0 Å². The van der Waals surface area contributed by atoms with Crippen molar-refractivity contribution in [1.29, 1.82) is 0 Å². The number of aromatic amines is 1. The van der Waals surface area contributed by atoms with Gasteiger partial charge in [-0.25, -0.2) is 0 Å². The SMILES string of the molecule is Cc1cccc2[nH]c3c(c12)C(=O)NCC3. The minimum absolute atomic E-state index is 0.0526. The molecule has 0 radical (unpaired) electrons. The molecule has 76 valence electrons. The minimum Gasteiger partial charge on any atom is -0.358 e. The molecule has 1 aliphatic heterocycles. The summed E-state index contributed by atoms with van der Waals surface area (Å²) in [5.74, 6) is 0.0526. The molecule has 0 spiro atoms. The molecule has 0 bridgehead atoms. The lowest BCUT2D eigenvalue weighted by molar-refractivity contribution is 0.0947. The number of hydrogen-bond donors (Lipinski definition) is 2. The summed E-state index contributed by atoms with van der Waals surface area (Å²) >= 11 is 0. The first-order valence-corrected chi connectivity index (χ1v) is 5.16. The van der Waals surface area contributed by atoms with E-state index in [-0.39, 0.29) is 5.91 Å². The Kier molecular flexibility index (Phi) is 1.63.